The van der Waals surface area contributed by atoms with Gasteiger partial charge in [0.25, 0.3) is 0 Å². The van der Waals surface area contributed by atoms with Gasteiger partial charge in [-0.2, -0.15) is 0 Å². The lowest BCUT2D eigenvalue weighted by Gasteiger charge is -2.24. The molecule has 0 saturated heterocycles. The maximum Gasteiger partial charge on any atom is 0.304 e. The summed E-state index contributed by atoms with van der Waals surface area (Å²) in [5, 5.41) is 9.13. The SMILES string of the molecule is CC(C)(CC(=O)O)c1cc(Cl)c(Br)cc1F. The van der Waals surface area contributed by atoms with Crippen LogP contribution in [-0.2, 0) is 10.2 Å². The van der Waals surface area contributed by atoms with E-state index in [1.807, 2.05) is 0 Å². The summed E-state index contributed by atoms with van der Waals surface area (Å²) in [6.45, 7) is 3.34. The molecule has 0 fully saturated rings. The zero-order valence-corrected chi connectivity index (χ0v) is 11.2. The Kier molecular flexibility index (Phi) is 3.97. The van der Waals surface area contributed by atoms with E-state index in [0.29, 0.717) is 15.1 Å². The molecule has 0 saturated carbocycles. The van der Waals surface area contributed by atoms with Crippen LogP contribution in [0.4, 0.5) is 4.39 Å². The molecule has 0 aliphatic heterocycles. The van der Waals surface area contributed by atoms with Gasteiger partial charge in [0.1, 0.15) is 5.82 Å². The van der Waals surface area contributed by atoms with Gasteiger partial charge in [0, 0.05) is 9.89 Å². The number of hydrogen-bond donors (Lipinski definition) is 1. The van der Waals surface area contributed by atoms with Gasteiger partial charge in [-0.15, -0.1) is 0 Å². The van der Waals surface area contributed by atoms with E-state index in [-0.39, 0.29) is 6.42 Å². The average molecular weight is 310 g/mol. The molecule has 5 heteroatoms. The highest BCUT2D eigenvalue weighted by molar-refractivity contribution is 9.10. The minimum atomic E-state index is -0.969. The van der Waals surface area contributed by atoms with Crippen LogP contribution in [0.15, 0.2) is 16.6 Å². The maximum atomic E-state index is 13.7. The monoisotopic (exact) mass is 308 g/mol. The summed E-state index contributed by atoms with van der Waals surface area (Å²) >= 11 is 8.98. The Morgan fingerprint density at radius 2 is 2.12 bits per heavy atom. The standard InChI is InChI=1S/C11H11BrClFO2/c1-11(2,5-10(15)16)6-3-8(13)7(12)4-9(6)14/h3-4H,5H2,1-2H3,(H,15,16). The van der Waals surface area contributed by atoms with Gasteiger partial charge in [-0.05, 0) is 33.6 Å². The van der Waals surface area contributed by atoms with Crippen molar-refractivity contribution in [2.75, 3.05) is 0 Å². The van der Waals surface area contributed by atoms with E-state index in [1.165, 1.54) is 12.1 Å². The molecule has 1 aromatic carbocycles. The summed E-state index contributed by atoms with van der Waals surface area (Å²) < 4.78 is 14.2. The van der Waals surface area contributed by atoms with Crippen LogP contribution >= 0.6 is 27.5 Å². The Morgan fingerprint density at radius 1 is 1.56 bits per heavy atom. The van der Waals surface area contributed by atoms with Crippen molar-refractivity contribution in [3.8, 4) is 0 Å². The number of hydrogen-bond acceptors (Lipinski definition) is 1. The first-order valence-corrected chi connectivity index (χ1v) is 5.78. The summed E-state index contributed by atoms with van der Waals surface area (Å²) in [5.41, 5.74) is -0.483. The molecule has 0 bridgehead atoms. The Bertz CT molecular complexity index is 432. The molecule has 2 nitrogen and oxygen atoms in total. The quantitative estimate of drug-likeness (QED) is 0.857. The molecule has 0 unspecified atom stereocenters. The van der Waals surface area contributed by atoms with Crippen molar-refractivity contribution in [3.63, 3.8) is 0 Å². The van der Waals surface area contributed by atoms with E-state index in [4.69, 9.17) is 16.7 Å². The van der Waals surface area contributed by atoms with Gasteiger partial charge >= 0.3 is 5.97 Å². The fourth-order valence-corrected chi connectivity index (χ4v) is 1.99. The molecule has 0 spiro atoms. The van der Waals surface area contributed by atoms with Crippen molar-refractivity contribution in [2.24, 2.45) is 0 Å². The van der Waals surface area contributed by atoms with E-state index >= 15 is 0 Å². The van der Waals surface area contributed by atoms with Gasteiger partial charge in [0.05, 0.1) is 11.4 Å². The zero-order chi connectivity index (χ0) is 12.5. The van der Waals surface area contributed by atoms with Crippen molar-refractivity contribution in [3.05, 3.63) is 33.0 Å². The summed E-state index contributed by atoms with van der Waals surface area (Å²) in [6.07, 6.45) is -0.151. The Labute approximate surface area is 107 Å². The lowest BCUT2D eigenvalue weighted by Crippen LogP contribution is -2.23. The minimum Gasteiger partial charge on any atom is -0.481 e. The van der Waals surface area contributed by atoms with Crippen LogP contribution in [0.1, 0.15) is 25.8 Å². The van der Waals surface area contributed by atoms with Crippen molar-refractivity contribution >= 4 is 33.5 Å². The topological polar surface area (TPSA) is 37.3 Å². The molecule has 0 amide bonds. The largest absolute Gasteiger partial charge is 0.481 e. The number of carbonyl (C=O) groups is 1. The molecular weight excluding hydrogens is 298 g/mol. The van der Waals surface area contributed by atoms with E-state index < -0.39 is 17.2 Å². The third-order valence-electron chi connectivity index (χ3n) is 2.33. The predicted octanol–water partition coefficient (Wildman–Crippen LogP) is 3.99. The van der Waals surface area contributed by atoms with Gasteiger partial charge in [-0.1, -0.05) is 25.4 Å². The molecule has 1 N–H and O–H groups in total. The third kappa shape index (κ3) is 2.95. The first-order chi connectivity index (χ1) is 7.24. The minimum absolute atomic E-state index is 0.151. The number of benzene rings is 1. The highest BCUT2D eigenvalue weighted by Gasteiger charge is 2.28. The molecule has 0 radical (unpaired) electrons. The van der Waals surface area contributed by atoms with Gasteiger partial charge in [-0.3, -0.25) is 4.79 Å². The Balaban J connectivity index is 3.22. The van der Waals surface area contributed by atoms with Crippen LogP contribution in [0.2, 0.25) is 5.02 Å². The number of rotatable bonds is 3. The molecule has 0 heterocycles. The molecule has 16 heavy (non-hydrogen) atoms. The van der Waals surface area contributed by atoms with E-state index in [2.05, 4.69) is 15.9 Å². The highest BCUT2D eigenvalue weighted by atomic mass is 79.9. The highest BCUT2D eigenvalue weighted by Crippen LogP contribution is 2.34. The second kappa shape index (κ2) is 4.72. The molecule has 1 aromatic rings. The summed E-state index contributed by atoms with van der Waals surface area (Å²) in [4.78, 5) is 10.7. The van der Waals surface area contributed by atoms with E-state index in [9.17, 15) is 9.18 Å². The lowest BCUT2D eigenvalue weighted by molar-refractivity contribution is -0.138. The molecular formula is C11H11BrClFO2. The summed E-state index contributed by atoms with van der Waals surface area (Å²) in [6, 6.07) is 2.71. The predicted molar refractivity (Wildman–Crippen MR) is 64.4 cm³/mol. The number of carboxylic acid groups (broad SMARTS) is 1. The van der Waals surface area contributed by atoms with Crippen LogP contribution in [0.5, 0.6) is 0 Å². The normalized spacial score (nSPS) is 11.6. The van der Waals surface area contributed by atoms with Gasteiger partial charge in [-0.25, -0.2) is 4.39 Å². The Morgan fingerprint density at radius 3 is 2.62 bits per heavy atom. The lowest BCUT2D eigenvalue weighted by atomic mass is 9.81. The molecule has 88 valence electrons. The third-order valence-corrected chi connectivity index (χ3v) is 3.53. The van der Waals surface area contributed by atoms with Crippen molar-refractivity contribution < 1.29 is 14.3 Å². The molecule has 1 rings (SSSR count). The first kappa shape index (κ1) is 13.5. The van der Waals surface area contributed by atoms with Crippen molar-refractivity contribution in [2.45, 2.75) is 25.7 Å². The van der Waals surface area contributed by atoms with Crippen molar-refractivity contribution in [1.29, 1.82) is 0 Å². The number of halogens is 3. The van der Waals surface area contributed by atoms with Crippen LogP contribution in [-0.4, -0.2) is 11.1 Å². The van der Waals surface area contributed by atoms with E-state index in [0.717, 1.165) is 0 Å². The van der Waals surface area contributed by atoms with Gasteiger partial charge in [0.15, 0.2) is 0 Å². The fourth-order valence-electron chi connectivity index (χ4n) is 1.51. The molecule has 0 aliphatic rings. The second-order valence-corrected chi connectivity index (χ2v) is 5.46. The number of carboxylic acids is 1. The molecule has 0 atom stereocenters. The van der Waals surface area contributed by atoms with Gasteiger partial charge < -0.3 is 5.11 Å². The Hall–Kier alpha value is -0.610. The van der Waals surface area contributed by atoms with E-state index in [1.54, 1.807) is 13.8 Å². The van der Waals surface area contributed by atoms with Crippen LogP contribution in [0, 0.1) is 5.82 Å². The fraction of sp³-hybridized carbons (Fsp3) is 0.364. The zero-order valence-electron chi connectivity index (χ0n) is 8.85. The van der Waals surface area contributed by atoms with Crippen LogP contribution in [0.3, 0.4) is 0 Å². The summed E-state index contributed by atoms with van der Waals surface area (Å²) in [7, 11) is 0. The van der Waals surface area contributed by atoms with Crippen LogP contribution < -0.4 is 0 Å². The second-order valence-electron chi connectivity index (χ2n) is 4.20. The molecule has 0 aliphatic carbocycles. The summed E-state index contributed by atoms with van der Waals surface area (Å²) in [5.74, 6) is -1.43. The van der Waals surface area contributed by atoms with Crippen LogP contribution in [0.25, 0.3) is 0 Å². The van der Waals surface area contributed by atoms with Gasteiger partial charge in [0.2, 0.25) is 0 Å². The smallest absolute Gasteiger partial charge is 0.304 e. The first-order valence-electron chi connectivity index (χ1n) is 4.61. The number of aliphatic carboxylic acids is 1. The van der Waals surface area contributed by atoms with Crippen molar-refractivity contribution in [1.82, 2.24) is 0 Å². The molecule has 0 aromatic heterocycles. The average Bonchev–Trinajstić information content (AvgIpc) is 2.08. The maximum absolute atomic E-state index is 13.7.